The van der Waals surface area contributed by atoms with Crippen LogP contribution in [-0.2, 0) is 4.79 Å². The molecule has 4 bridgehead atoms. The first-order chi connectivity index (χ1) is 5.33. The zero-order chi connectivity index (χ0) is 7.42. The minimum absolute atomic E-state index is 0.432. The van der Waals surface area contributed by atoms with Crippen LogP contribution in [0, 0.1) is 17.8 Å². The van der Waals surface area contributed by atoms with Gasteiger partial charge in [-0.05, 0) is 18.8 Å². The summed E-state index contributed by atoms with van der Waals surface area (Å²) in [6, 6.07) is 0. The van der Waals surface area contributed by atoms with E-state index in [0.29, 0.717) is 17.6 Å². The highest BCUT2D eigenvalue weighted by Crippen LogP contribution is 2.40. The molecule has 4 rings (SSSR count). The summed E-state index contributed by atoms with van der Waals surface area (Å²) in [5.74, 6) is 2.31. The zero-order valence-corrected chi connectivity index (χ0v) is 6.62. The topological polar surface area (TPSA) is 20.3 Å². The normalized spacial score (nSPS) is 53.6. The van der Waals surface area contributed by atoms with E-state index in [1.54, 1.807) is 0 Å². The van der Waals surface area contributed by atoms with Crippen molar-refractivity contribution in [3.05, 3.63) is 0 Å². The van der Waals surface area contributed by atoms with Gasteiger partial charge in [-0.15, -0.1) is 0 Å². The van der Waals surface area contributed by atoms with Gasteiger partial charge in [-0.1, -0.05) is 0 Å². The number of carbonyl (C=O) groups is 1. The summed E-state index contributed by atoms with van der Waals surface area (Å²) in [7, 11) is 0. The molecule has 0 spiro atoms. The van der Waals surface area contributed by atoms with Gasteiger partial charge in [0.15, 0.2) is 0 Å². The summed E-state index contributed by atoms with van der Waals surface area (Å²) in [6.07, 6.45) is 2.40. The summed E-state index contributed by atoms with van der Waals surface area (Å²) in [5.41, 5.74) is 0. The Kier molecular flexibility index (Phi) is 1.05. The number of carbonyl (C=O) groups excluding carboxylic acids is 1. The van der Waals surface area contributed by atoms with E-state index in [0.717, 1.165) is 19.0 Å². The van der Waals surface area contributed by atoms with Gasteiger partial charge in [0.1, 0.15) is 5.78 Å². The maximum atomic E-state index is 11.5. The molecule has 2 nitrogen and oxygen atoms in total. The Labute approximate surface area is 66.6 Å². The molecule has 1 saturated carbocycles. The van der Waals surface area contributed by atoms with Gasteiger partial charge in [0, 0.05) is 31.5 Å². The highest BCUT2D eigenvalue weighted by Gasteiger charge is 2.46. The summed E-state index contributed by atoms with van der Waals surface area (Å²) in [4.78, 5) is 14.0. The average molecular weight is 151 g/mol. The Hall–Kier alpha value is -0.370. The Morgan fingerprint density at radius 1 is 1.09 bits per heavy atom. The number of Topliss-reactive ketones (excluding diaryl/α,β-unsaturated/α-hetero) is 1. The van der Waals surface area contributed by atoms with Crippen molar-refractivity contribution in [2.45, 2.75) is 12.8 Å². The second kappa shape index (κ2) is 1.86. The lowest BCUT2D eigenvalue weighted by Crippen LogP contribution is -2.58. The first-order valence-electron chi connectivity index (χ1n) is 4.59. The van der Waals surface area contributed by atoms with E-state index in [1.165, 1.54) is 19.4 Å². The predicted octanol–water partition coefficient (Wildman–Crippen LogP) is 0.527. The Morgan fingerprint density at radius 3 is 2.27 bits per heavy atom. The van der Waals surface area contributed by atoms with Crippen LogP contribution >= 0.6 is 0 Å². The van der Waals surface area contributed by atoms with Crippen LogP contribution in [0.1, 0.15) is 12.8 Å². The van der Waals surface area contributed by atoms with Gasteiger partial charge < -0.3 is 4.90 Å². The zero-order valence-electron chi connectivity index (χ0n) is 6.62. The smallest absolute Gasteiger partial charge is 0.141 e. The molecule has 4 aliphatic rings. The SMILES string of the molecule is O=C1[C@@H]2C[C@@H]3C[C@H]1C[N@@](C3)C2. The molecule has 0 amide bonds. The van der Waals surface area contributed by atoms with Gasteiger partial charge in [-0.25, -0.2) is 0 Å². The maximum Gasteiger partial charge on any atom is 0.141 e. The molecule has 3 heterocycles. The van der Waals surface area contributed by atoms with Gasteiger partial charge in [-0.3, -0.25) is 4.79 Å². The second-order valence-electron chi connectivity index (χ2n) is 4.35. The second-order valence-corrected chi connectivity index (χ2v) is 4.35. The van der Waals surface area contributed by atoms with Crippen LogP contribution in [0.2, 0.25) is 0 Å². The minimum atomic E-state index is 0.432. The summed E-state index contributed by atoms with van der Waals surface area (Å²) >= 11 is 0. The van der Waals surface area contributed by atoms with Crippen molar-refractivity contribution >= 4 is 5.78 Å². The molecule has 0 aromatic heterocycles. The van der Waals surface area contributed by atoms with Crippen LogP contribution in [0.4, 0.5) is 0 Å². The van der Waals surface area contributed by atoms with Crippen molar-refractivity contribution < 1.29 is 4.79 Å². The molecule has 2 heteroatoms. The van der Waals surface area contributed by atoms with Crippen LogP contribution < -0.4 is 0 Å². The Morgan fingerprint density at radius 2 is 1.73 bits per heavy atom. The number of ketones is 1. The molecule has 60 valence electrons. The van der Waals surface area contributed by atoms with Crippen molar-refractivity contribution in [1.82, 2.24) is 4.90 Å². The standard InChI is InChI=1S/C9H13NO/c11-9-7-1-6-2-8(9)5-10(3-6)4-7/h6-8H,1-5H2/t6-,7-,8+. The molecule has 0 aromatic rings. The van der Waals surface area contributed by atoms with Gasteiger partial charge >= 0.3 is 0 Å². The molecule has 3 saturated heterocycles. The molecule has 4 atom stereocenters. The molecule has 0 N–H and O–H groups in total. The molecule has 0 radical (unpaired) electrons. The van der Waals surface area contributed by atoms with Gasteiger partial charge in [-0.2, -0.15) is 0 Å². The number of rotatable bonds is 0. The van der Waals surface area contributed by atoms with Crippen LogP contribution in [0.5, 0.6) is 0 Å². The van der Waals surface area contributed by atoms with Gasteiger partial charge in [0.2, 0.25) is 0 Å². The predicted molar refractivity (Wildman–Crippen MR) is 41.2 cm³/mol. The third-order valence-electron chi connectivity index (χ3n) is 3.51. The molecule has 4 fully saturated rings. The van der Waals surface area contributed by atoms with Crippen LogP contribution in [0.15, 0.2) is 0 Å². The van der Waals surface area contributed by atoms with Crippen LogP contribution in [-0.4, -0.2) is 30.3 Å². The van der Waals surface area contributed by atoms with Crippen molar-refractivity contribution in [2.75, 3.05) is 19.6 Å². The lowest BCUT2D eigenvalue weighted by Gasteiger charge is -2.50. The van der Waals surface area contributed by atoms with Crippen LogP contribution in [0.25, 0.3) is 0 Å². The molecule has 0 aromatic carbocycles. The first-order valence-corrected chi connectivity index (χ1v) is 4.59. The number of hydrogen-bond donors (Lipinski definition) is 0. The fraction of sp³-hybridized carbons (Fsp3) is 0.889. The Balaban J connectivity index is 1.96. The third kappa shape index (κ3) is 0.734. The van der Waals surface area contributed by atoms with E-state index in [9.17, 15) is 4.79 Å². The Bertz CT molecular complexity index is 182. The molecular formula is C9H13NO. The maximum absolute atomic E-state index is 11.5. The third-order valence-corrected chi connectivity index (χ3v) is 3.51. The van der Waals surface area contributed by atoms with Gasteiger partial charge in [0.05, 0.1) is 0 Å². The lowest BCUT2D eigenvalue weighted by molar-refractivity contribution is -0.142. The summed E-state index contributed by atoms with van der Waals surface area (Å²) in [5, 5.41) is 0. The number of piperidine rings is 3. The molecule has 0 unspecified atom stereocenters. The minimum Gasteiger partial charge on any atom is -0.302 e. The van der Waals surface area contributed by atoms with Gasteiger partial charge in [0.25, 0.3) is 0 Å². The largest absolute Gasteiger partial charge is 0.302 e. The van der Waals surface area contributed by atoms with E-state index in [-0.39, 0.29) is 0 Å². The average Bonchev–Trinajstić information content (AvgIpc) is 1.98. The molecule has 1 aliphatic carbocycles. The quantitative estimate of drug-likeness (QED) is 0.503. The number of hydrogen-bond acceptors (Lipinski definition) is 2. The number of nitrogens with zero attached hydrogens (tertiary/aromatic N) is 1. The van der Waals surface area contributed by atoms with E-state index in [1.807, 2.05) is 0 Å². The van der Waals surface area contributed by atoms with Crippen molar-refractivity contribution in [2.24, 2.45) is 17.8 Å². The van der Waals surface area contributed by atoms with Crippen molar-refractivity contribution in [3.63, 3.8) is 0 Å². The van der Waals surface area contributed by atoms with Crippen LogP contribution in [0.3, 0.4) is 0 Å². The monoisotopic (exact) mass is 151 g/mol. The van der Waals surface area contributed by atoms with E-state index >= 15 is 0 Å². The highest BCUT2D eigenvalue weighted by molar-refractivity contribution is 5.85. The van der Waals surface area contributed by atoms with Crippen molar-refractivity contribution in [3.8, 4) is 0 Å². The molecule has 11 heavy (non-hydrogen) atoms. The fourth-order valence-corrected chi connectivity index (χ4v) is 3.16. The lowest BCUT2D eigenvalue weighted by atomic mass is 9.67. The fourth-order valence-electron chi connectivity index (χ4n) is 3.16. The van der Waals surface area contributed by atoms with E-state index < -0.39 is 0 Å². The van der Waals surface area contributed by atoms with Crippen molar-refractivity contribution in [1.29, 1.82) is 0 Å². The molecule has 3 aliphatic heterocycles. The molecular weight excluding hydrogens is 138 g/mol. The van der Waals surface area contributed by atoms with E-state index in [4.69, 9.17) is 0 Å². The van der Waals surface area contributed by atoms with E-state index in [2.05, 4.69) is 4.90 Å². The first kappa shape index (κ1) is 6.18. The summed E-state index contributed by atoms with van der Waals surface area (Å²) < 4.78 is 0. The summed E-state index contributed by atoms with van der Waals surface area (Å²) in [6.45, 7) is 3.43. The highest BCUT2D eigenvalue weighted by atomic mass is 16.1.